The molecule has 0 radical (unpaired) electrons. The van der Waals surface area contributed by atoms with Gasteiger partial charge >= 0.3 is 0 Å². The van der Waals surface area contributed by atoms with Crippen molar-refractivity contribution < 1.29 is 5.11 Å². The molecule has 0 heterocycles. The summed E-state index contributed by atoms with van der Waals surface area (Å²) >= 11 is 0. The molecule has 0 saturated carbocycles. The van der Waals surface area contributed by atoms with E-state index in [-0.39, 0.29) is 6.10 Å². The quantitative estimate of drug-likeness (QED) is 0.635. The van der Waals surface area contributed by atoms with Gasteiger partial charge in [-0.2, -0.15) is 0 Å². The monoisotopic (exact) mass is 173 g/mol. The molecule has 0 aliphatic heterocycles. The zero-order valence-electron chi connectivity index (χ0n) is 8.71. The van der Waals surface area contributed by atoms with Crippen LogP contribution in [0.3, 0.4) is 0 Å². The lowest BCUT2D eigenvalue weighted by atomic mass is 10.2. The zero-order valence-corrected chi connectivity index (χ0v) is 8.71. The van der Waals surface area contributed by atoms with Crippen LogP contribution >= 0.6 is 0 Å². The first-order valence-corrected chi connectivity index (χ1v) is 5.14. The Morgan fingerprint density at radius 2 is 1.58 bits per heavy atom. The Balaban J connectivity index is 3.61. The van der Waals surface area contributed by atoms with Gasteiger partial charge in [0.25, 0.3) is 0 Å². The molecule has 0 unspecified atom stereocenters. The molecule has 0 spiro atoms. The number of aliphatic hydroxyl groups excluding tert-OH is 1. The minimum absolute atomic E-state index is 0.136. The van der Waals surface area contributed by atoms with Crippen LogP contribution in [0.25, 0.3) is 0 Å². The molecule has 0 aliphatic carbocycles. The molecule has 0 aromatic rings. The molecular formula is C10H23NO. The van der Waals surface area contributed by atoms with E-state index in [2.05, 4.69) is 18.7 Å². The van der Waals surface area contributed by atoms with Crippen molar-refractivity contribution in [3.8, 4) is 0 Å². The predicted octanol–water partition coefficient (Wildman–Crippen LogP) is 1.88. The Hall–Kier alpha value is -0.0800. The molecule has 1 N–H and O–H groups in total. The first-order chi connectivity index (χ1) is 5.74. The molecule has 0 saturated heterocycles. The van der Waals surface area contributed by atoms with E-state index in [1.54, 1.807) is 0 Å². The molecular weight excluding hydrogens is 150 g/mol. The van der Waals surface area contributed by atoms with E-state index in [4.69, 9.17) is 0 Å². The summed E-state index contributed by atoms with van der Waals surface area (Å²) in [5, 5.41) is 9.44. The molecule has 0 fully saturated rings. The van der Waals surface area contributed by atoms with Gasteiger partial charge in [0.1, 0.15) is 0 Å². The smallest absolute Gasteiger partial charge is 0.0664 e. The molecule has 0 aliphatic rings. The Morgan fingerprint density at radius 3 is 1.92 bits per heavy atom. The lowest BCUT2D eigenvalue weighted by Crippen LogP contribution is -2.33. The lowest BCUT2D eigenvalue weighted by Gasteiger charge is -2.23. The van der Waals surface area contributed by atoms with Crippen LogP contribution in [0.4, 0.5) is 0 Å². The van der Waals surface area contributed by atoms with Gasteiger partial charge in [-0.15, -0.1) is 0 Å². The highest BCUT2D eigenvalue weighted by Crippen LogP contribution is 1.99. The average Bonchev–Trinajstić information content (AvgIpc) is 2.05. The SMILES string of the molecule is CCCN(CCC)C[C@H](O)CC. The summed E-state index contributed by atoms with van der Waals surface area (Å²) in [4.78, 5) is 2.34. The summed E-state index contributed by atoms with van der Waals surface area (Å²) < 4.78 is 0. The Morgan fingerprint density at radius 1 is 1.08 bits per heavy atom. The van der Waals surface area contributed by atoms with Gasteiger partial charge in [-0.25, -0.2) is 0 Å². The minimum atomic E-state index is -0.136. The molecule has 0 aromatic carbocycles. The molecule has 0 amide bonds. The van der Waals surface area contributed by atoms with E-state index >= 15 is 0 Å². The molecule has 74 valence electrons. The summed E-state index contributed by atoms with van der Waals surface area (Å²) in [5.74, 6) is 0. The molecule has 0 rings (SSSR count). The molecule has 12 heavy (non-hydrogen) atoms. The van der Waals surface area contributed by atoms with Gasteiger partial charge in [-0.05, 0) is 32.4 Å². The summed E-state index contributed by atoms with van der Waals surface area (Å²) in [7, 11) is 0. The first-order valence-electron chi connectivity index (χ1n) is 5.14. The van der Waals surface area contributed by atoms with Crippen molar-refractivity contribution in [3.63, 3.8) is 0 Å². The van der Waals surface area contributed by atoms with Gasteiger partial charge in [0.05, 0.1) is 6.10 Å². The van der Waals surface area contributed by atoms with E-state index in [9.17, 15) is 5.11 Å². The van der Waals surface area contributed by atoms with Gasteiger partial charge in [0, 0.05) is 6.54 Å². The molecule has 2 nitrogen and oxygen atoms in total. The summed E-state index contributed by atoms with van der Waals surface area (Å²) in [6.07, 6.45) is 3.08. The fraction of sp³-hybridized carbons (Fsp3) is 1.00. The fourth-order valence-corrected chi connectivity index (χ4v) is 1.35. The highest BCUT2D eigenvalue weighted by molar-refractivity contribution is 4.62. The standard InChI is InChI=1S/C10H23NO/c1-4-7-11(8-5-2)9-10(12)6-3/h10,12H,4-9H2,1-3H3/t10-/m1/s1. The molecule has 1 atom stereocenters. The third-order valence-corrected chi connectivity index (χ3v) is 2.02. The Kier molecular flexibility index (Phi) is 7.51. The van der Waals surface area contributed by atoms with Gasteiger partial charge in [0.15, 0.2) is 0 Å². The number of aliphatic hydroxyl groups is 1. The highest BCUT2D eigenvalue weighted by atomic mass is 16.3. The number of rotatable bonds is 7. The number of hydrogen-bond acceptors (Lipinski definition) is 2. The second kappa shape index (κ2) is 7.56. The van der Waals surface area contributed by atoms with Crippen LogP contribution in [0.15, 0.2) is 0 Å². The summed E-state index contributed by atoms with van der Waals surface area (Å²) in [5.41, 5.74) is 0. The number of nitrogens with zero attached hydrogens (tertiary/aromatic N) is 1. The summed E-state index contributed by atoms with van der Waals surface area (Å²) in [6.45, 7) is 9.47. The van der Waals surface area contributed by atoms with Crippen LogP contribution in [-0.4, -0.2) is 35.7 Å². The maximum absolute atomic E-state index is 9.44. The normalized spacial score (nSPS) is 13.8. The predicted molar refractivity (Wildman–Crippen MR) is 53.3 cm³/mol. The van der Waals surface area contributed by atoms with Crippen LogP contribution in [0.1, 0.15) is 40.0 Å². The largest absolute Gasteiger partial charge is 0.392 e. The van der Waals surface area contributed by atoms with Gasteiger partial charge < -0.3 is 10.0 Å². The van der Waals surface area contributed by atoms with Crippen LogP contribution in [0.2, 0.25) is 0 Å². The van der Waals surface area contributed by atoms with Crippen LogP contribution < -0.4 is 0 Å². The second-order valence-corrected chi connectivity index (χ2v) is 3.36. The van der Waals surface area contributed by atoms with Crippen molar-refractivity contribution in [2.45, 2.75) is 46.1 Å². The van der Waals surface area contributed by atoms with Crippen molar-refractivity contribution in [1.29, 1.82) is 0 Å². The lowest BCUT2D eigenvalue weighted by molar-refractivity contribution is 0.109. The van der Waals surface area contributed by atoms with Crippen molar-refractivity contribution in [2.24, 2.45) is 0 Å². The van der Waals surface area contributed by atoms with E-state index in [0.717, 1.165) is 26.1 Å². The molecule has 0 bridgehead atoms. The van der Waals surface area contributed by atoms with Crippen molar-refractivity contribution >= 4 is 0 Å². The zero-order chi connectivity index (χ0) is 9.40. The van der Waals surface area contributed by atoms with Crippen LogP contribution in [0, 0.1) is 0 Å². The second-order valence-electron chi connectivity index (χ2n) is 3.36. The van der Waals surface area contributed by atoms with Gasteiger partial charge in [-0.1, -0.05) is 20.8 Å². The average molecular weight is 173 g/mol. The minimum Gasteiger partial charge on any atom is -0.392 e. The van der Waals surface area contributed by atoms with E-state index in [1.807, 2.05) is 6.92 Å². The maximum Gasteiger partial charge on any atom is 0.0664 e. The van der Waals surface area contributed by atoms with E-state index in [0.29, 0.717) is 0 Å². The first kappa shape index (κ1) is 11.9. The van der Waals surface area contributed by atoms with E-state index < -0.39 is 0 Å². The Bertz CT molecular complexity index is 89.8. The maximum atomic E-state index is 9.44. The fourth-order valence-electron chi connectivity index (χ4n) is 1.35. The third-order valence-electron chi connectivity index (χ3n) is 2.02. The van der Waals surface area contributed by atoms with Gasteiger partial charge in [0.2, 0.25) is 0 Å². The summed E-state index contributed by atoms with van der Waals surface area (Å²) in [6, 6.07) is 0. The molecule has 2 heteroatoms. The third kappa shape index (κ3) is 5.56. The Labute approximate surface area is 76.6 Å². The van der Waals surface area contributed by atoms with Crippen molar-refractivity contribution in [2.75, 3.05) is 19.6 Å². The van der Waals surface area contributed by atoms with E-state index in [1.165, 1.54) is 12.8 Å². The number of hydrogen-bond donors (Lipinski definition) is 1. The highest BCUT2D eigenvalue weighted by Gasteiger charge is 2.07. The van der Waals surface area contributed by atoms with Crippen LogP contribution in [-0.2, 0) is 0 Å². The van der Waals surface area contributed by atoms with Crippen molar-refractivity contribution in [1.82, 2.24) is 4.90 Å². The van der Waals surface area contributed by atoms with Crippen molar-refractivity contribution in [3.05, 3.63) is 0 Å². The van der Waals surface area contributed by atoms with Gasteiger partial charge in [-0.3, -0.25) is 0 Å². The molecule has 0 aromatic heterocycles. The topological polar surface area (TPSA) is 23.5 Å². The van der Waals surface area contributed by atoms with Crippen LogP contribution in [0.5, 0.6) is 0 Å².